The Morgan fingerprint density at radius 1 is 1.39 bits per heavy atom. The molecule has 0 spiro atoms. The summed E-state index contributed by atoms with van der Waals surface area (Å²) in [6, 6.07) is 6.87. The summed E-state index contributed by atoms with van der Waals surface area (Å²) in [5, 5.41) is 5.72. The average Bonchev–Trinajstić information content (AvgIpc) is 2.99. The zero-order chi connectivity index (χ0) is 12.5. The van der Waals surface area contributed by atoms with E-state index in [1.54, 1.807) is 21.8 Å². The Kier molecular flexibility index (Phi) is 3.76. The molecular weight excluding hydrogens is 282 g/mol. The summed E-state index contributed by atoms with van der Waals surface area (Å²) in [6.07, 6.45) is 3.82. The highest BCUT2D eigenvalue weighted by atomic mass is 35.5. The minimum Gasteiger partial charge on any atom is -0.312 e. The van der Waals surface area contributed by atoms with Crippen molar-refractivity contribution in [2.75, 3.05) is 7.05 Å². The SMILES string of the molecule is CNC(c1ccc(Cl)s1)C1CCCc2sccc21. The number of nitrogens with one attached hydrogen (secondary N) is 1. The van der Waals surface area contributed by atoms with Crippen molar-refractivity contribution in [1.82, 2.24) is 5.32 Å². The van der Waals surface area contributed by atoms with Gasteiger partial charge in [0.2, 0.25) is 0 Å². The van der Waals surface area contributed by atoms with Crippen LogP contribution in [0.25, 0.3) is 0 Å². The molecule has 0 radical (unpaired) electrons. The highest BCUT2D eigenvalue weighted by Crippen LogP contribution is 2.44. The Balaban J connectivity index is 1.94. The maximum atomic E-state index is 6.07. The monoisotopic (exact) mass is 297 g/mol. The van der Waals surface area contributed by atoms with Crippen LogP contribution in [-0.2, 0) is 6.42 Å². The molecule has 0 aliphatic heterocycles. The average molecular weight is 298 g/mol. The van der Waals surface area contributed by atoms with Gasteiger partial charge in [0.15, 0.2) is 0 Å². The van der Waals surface area contributed by atoms with Gasteiger partial charge in [0.05, 0.1) is 4.34 Å². The largest absolute Gasteiger partial charge is 0.312 e. The second-order valence-corrected chi connectivity index (χ2v) is 7.45. The Morgan fingerprint density at radius 2 is 2.28 bits per heavy atom. The van der Waals surface area contributed by atoms with Crippen LogP contribution in [0.4, 0.5) is 0 Å². The predicted octanol–water partition coefficient (Wildman–Crippen LogP) is 4.84. The van der Waals surface area contributed by atoms with E-state index in [2.05, 4.69) is 29.9 Å². The number of thiophene rings is 2. The summed E-state index contributed by atoms with van der Waals surface area (Å²) in [4.78, 5) is 2.93. The van der Waals surface area contributed by atoms with Crippen molar-refractivity contribution in [2.24, 2.45) is 0 Å². The van der Waals surface area contributed by atoms with Gasteiger partial charge in [-0.3, -0.25) is 0 Å². The Morgan fingerprint density at radius 3 is 3.00 bits per heavy atom. The van der Waals surface area contributed by atoms with E-state index in [0.29, 0.717) is 12.0 Å². The molecule has 4 heteroatoms. The maximum Gasteiger partial charge on any atom is 0.0931 e. The molecule has 1 aliphatic carbocycles. The molecule has 2 heterocycles. The standard InChI is InChI=1S/C14H16ClNS2/c1-16-14(12-5-6-13(15)18-12)10-3-2-4-11-9(10)7-8-17-11/h5-8,10,14,16H,2-4H2,1H3. The lowest BCUT2D eigenvalue weighted by atomic mass is 9.82. The van der Waals surface area contributed by atoms with E-state index in [9.17, 15) is 0 Å². The molecule has 1 nitrogen and oxygen atoms in total. The number of hydrogen-bond acceptors (Lipinski definition) is 3. The lowest BCUT2D eigenvalue weighted by molar-refractivity contribution is 0.433. The summed E-state index contributed by atoms with van der Waals surface area (Å²) in [7, 11) is 2.05. The molecule has 0 bridgehead atoms. The first-order chi connectivity index (χ1) is 8.79. The number of fused-ring (bicyclic) bond motifs is 1. The van der Waals surface area contributed by atoms with E-state index < -0.39 is 0 Å². The summed E-state index contributed by atoms with van der Waals surface area (Å²) in [5.41, 5.74) is 1.55. The molecule has 2 aromatic heterocycles. The second-order valence-electron chi connectivity index (χ2n) is 4.71. The van der Waals surface area contributed by atoms with E-state index in [4.69, 9.17) is 11.6 Å². The molecule has 0 aromatic carbocycles. The van der Waals surface area contributed by atoms with Crippen molar-refractivity contribution < 1.29 is 0 Å². The Bertz CT molecular complexity index is 531. The molecular formula is C14H16ClNS2. The van der Waals surface area contributed by atoms with Crippen LogP contribution in [0, 0.1) is 0 Å². The molecule has 2 aromatic rings. The smallest absolute Gasteiger partial charge is 0.0931 e. The van der Waals surface area contributed by atoms with Gasteiger partial charge in [0, 0.05) is 21.7 Å². The van der Waals surface area contributed by atoms with E-state index in [0.717, 1.165) is 4.34 Å². The molecule has 2 atom stereocenters. The zero-order valence-electron chi connectivity index (χ0n) is 10.3. The maximum absolute atomic E-state index is 6.07. The first-order valence-corrected chi connectivity index (χ1v) is 8.36. The highest BCUT2D eigenvalue weighted by molar-refractivity contribution is 7.16. The molecule has 18 heavy (non-hydrogen) atoms. The minimum absolute atomic E-state index is 0.399. The lowest BCUT2D eigenvalue weighted by Crippen LogP contribution is -2.25. The lowest BCUT2D eigenvalue weighted by Gasteiger charge is -2.30. The number of likely N-dealkylation sites (N-methyl/N-ethyl adjacent to an activating group) is 1. The summed E-state index contributed by atoms with van der Waals surface area (Å²) in [6.45, 7) is 0. The van der Waals surface area contributed by atoms with Crippen molar-refractivity contribution in [3.05, 3.63) is 43.2 Å². The molecule has 96 valence electrons. The Labute approximate surface area is 121 Å². The third kappa shape index (κ3) is 2.25. The third-order valence-corrected chi connectivity index (χ3v) is 6.02. The van der Waals surface area contributed by atoms with Crippen molar-refractivity contribution in [3.8, 4) is 0 Å². The Hall–Kier alpha value is -0.350. The molecule has 0 saturated heterocycles. The topological polar surface area (TPSA) is 12.0 Å². The fourth-order valence-electron chi connectivity index (χ4n) is 2.91. The number of rotatable bonds is 3. The summed E-state index contributed by atoms with van der Waals surface area (Å²) < 4.78 is 0.881. The van der Waals surface area contributed by atoms with Crippen molar-refractivity contribution in [1.29, 1.82) is 0 Å². The van der Waals surface area contributed by atoms with Crippen LogP contribution in [0.2, 0.25) is 4.34 Å². The molecule has 1 aliphatic rings. The molecule has 0 saturated carbocycles. The van der Waals surface area contributed by atoms with Crippen LogP contribution >= 0.6 is 34.3 Å². The van der Waals surface area contributed by atoms with E-state index >= 15 is 0 Å². The third-order valence-electron chi connectivity index (χ3n) is 3.71. The van der Waals surface area contributed by atoms with Gasteiger partial charge in [-0.2, -0.15) is 0 Å². The van der Waals surface area contributed by atoms with Crippen molar-refractivity contribution in [2.45, 2.75) is 31.2 Å². The zero-order valence-corrected chi connectivity index (χ0v) is 12.7. The van der Waals surface area contributed by atoms with E-state index in [-0.39, 0.29) is 0 Å². The second kappa shape index (κ2) is 5.33. The van der Waals surface area contributed by atoms with Crippen LogP contribution < -0.4 is 5.32 Å². The van der Waals surface area contributed by atoms with Gasteiger partial charge in [-0.15, -0.1) is 22.7 Å². The number of halogens is 1. The van der Waals surface area contributed by atoms with Gasteiger partial charge < -0.3 is 5.32 Å². The number of hydrogen-bond donors (Lipinski definition) is 1. The van der Waals surface area contributed by atoms with Gasteiger partial charge in [-0.1, -0.05) is 11.6 Å². The molecule has 3 rings (SSSR count). The fraction of sp³-hybridized carbons (Fsp3) is 0.429. The fourth-order valence-corrected chi connectivity index (χ4v) is 5.14. The molecule has 0 amide bonds. The summed E-state index contributed by atoms with van der Waals surface area (Å²) >= 11 is 9.68. The first kappa shape index (κ1) is 12.7. The first-order valence-electron chi connectivity index (χ1n) is 6.28. The predicted molar refractivity (Wildman–Crippen MR) is 81.1 cm³/mol. The molecule has 0 fully saturated rings. The van der Waals surface area contributed by atoms with Crippen LogP contribution in [0.15, 0.2) is 23.6 Å². The molecule has 1 N–H and O–H groups in total. The normalized spacial score (nSPS) is 20.7. The van der Waals surface area contributed by atoms with Gasteiger partial charge in [0.1, 0.15) is 0 Å². The van der Waals surface area contributed by atoms with Gasteiger partial charge in [-0.25, -0.2) is 0 Å². The van der Waals surface area contributed by atoms with E-state index in [1.165, 1.54) is 24.1 Å². The van der Waals surface area contributed by atoms with Gasteiger partial charge in [0.25, 0.3) is 0 Å². The van der Waals surface area contributed by atoms with Gasteiger partial charge >= 0.3 is 0 Å². The van der Waals surface area contributed by atoms with Crippen LogP contribution in [-0.4, -0.2) is 7.05 Å². The minimum atomic E-state index is 0.399. The highest BCUT2D eigenvalue weighted by Gasteiger charge is 2.29. The van der Waals surface area contributed by atoms with Crippen LogP contribution in [0.1, 0.15) is 40.1 Å². The van der Waals surface area contributed by atoms with E-state index in [1.807, 2.05) is 17.4 Å². The van der Waals surface area contributed by atoms with Crippen LogP contribution in [0.5, 0.6) is 0 Å². The van der Waals surface area contributed by atoms with Crippen LogP contribution in [0.3, 0.4) is 0 Å². The molecule has 2 unspecified atom stereocenters. The number of aryl methyl sites for hydroxylation is 1. The summed E-state index contributed by atoms with van der Waals surface area (Å²) in [5.74, 6) is 0.597. The quantitative estimate of drug-likeness (QED) is 0.854. The van der Waals surface area contributed by atoms with Crippen molar-refractivity contribution in [3.63, 3.8) is 0 Å². The van der Waals surface area contributed by atoms with Gasteiger partial charge in [-0.05, 0) is 55.5 Å². The van der Waals surface area contributed by atoms with Crippen molar-refractivity contribution >= 4 is 34.3 Å².